The molecule has 0 saturated carbocycles. The van der Waals surface area contributed by atoms with Crippen LogP contribution in [0.25, 0.3) is 0 Å². The average molecular weight is 375 g/mol. The quantitative estimate of drug-likeness (QED) is 0.783. The molecule has 2 N–H and O–H groups in total. The Labute approximate surface area is 157 Å². The van der Waals surface area contributed by atoms with Gasteiger partial charge in [-0.15, -0.1) is 0 Å². The summed E-state index contributed by atoms with van der Waals surface area (Å²) in [6.07, 6.45) is 0.728. The minimum absolute atomic E-state index is 0.101. The van der Waals surface area contributed by atoms with E-state index in [-0.39, 0.29) is 5.41 Å². The summed E-state index contributed by atoms with van der Waals surface area (Å²) in [4.78, 5) is 9.00. The molecule has 4 nitrogen and oxygen atoms in total. The first-order chi connectivity index (χ1) is 11.9. The molecular weight excluding hydrogens is 344 g/mol. The number of phenolic OH excluding ortho intramolecular Hbond substituents is 1. The summed E-state index contributed by atoms with van der Waals surface area (Å²) < 4.78 is 6.07. The Hall–Kier alpha value is -2.27. The minimum atomic E-state index is -1.62. The zero-order chi connectivity index (χ0) is 20.0. The molecule has 0 amide bonds. The number of aliphatic carboxylic acids is 1. The molecule has 2 rings (SSSR count). The van der Waals surface area contributed by atoms with Crippen molar-refractivity contribution in [1.82, 2.24) is 0 Å². The molecule has 0 atom stereocenters. The molecule has 0 saturated heterocycles. The first-order valence-electron chi connectivity index (χ1n) is 8.65. The maximum absolute atomic E-state index is 10.0. The fraction of sp³-hybridized carbons (Fsp3) is 0.381. The van der Waals surface area contributed by atoms with E-state index in [9.17, 15) is 5.11 Å². The van der Waals surface area contributed by atoms with Crippen LogP contribution in [0.1, 0.15) is 33.3 Å². The Bertz CT molecular complexity index is 715. The van der Waals surface area contributed by atoms with Crippen LogP contribution in [0.2, 0.25) is 13.1 Å². The van der Waals surface area contributed by atoms with Crippen LogP contribution < -0.4 is 9.92 Å². The van der Waals surface area contributed by atoms with Crippen molar-refractivity contribution in [2.45, 2.75) is 46.2 Å². The van der Waals surface area contributed by atoms with Gasteiger partial charge in [-0.3, -0.25) is 4.79 Å². The molecule has 5 heteroatoms. The lowest BCUT2D eigenvalue weighted by molar-refractivity contribution is -0.134. The molecule has 0 fully saturated rings. The van der Waals surface area contributed by atoms with Gasteiger partial charge in [0.1, 0.15) is 19.6 Å². The molecule has 0 spiro atoms. The number of hydrogen-bond acceptors (Lipinski definition) is 3. The number of carboxylic acids is 1. The first-order valence-corrected chi connectivity index (χ1v) is 11.9. The van der Waals surface area contributed by atoms with Gasteiger partial charge in [-0.1, -0.05) is 69.4 Å². The number of benzene rings is 2. The van der Waals surface area contributed by atoms with Gasteiger partial charge in [-0.25, -0.2) is 0 Å². The van der Waals surface area contributed by atoms with E-state index in [0.29, 0.717) is 5.75 Å². The zero-order valence-corrected chi connectivity index (χ0v) is 17.5. The molecule has 0 unspecified atom stereocenters. The van der Waals surface area contributed by atoms with E-state index in [1.165, 1.54) is 5.19 Å². The van der Waals surface area contributed by atoms with Crippen LogP contribution in [-0.2, 0) is 10.2 Å². The van der Waals surface area contributed by atoms with Crippen LogP contribution in [0.3, 0.4) is 0 Å². The number of ether oxygens (including phenoxy) is 1. The van der Waals surface area contributed by atoms with E-state index in [4.69, 9.17) is 14.6 Å². The average Bonchev–Trinajstić information content (AvgIpc) is 2.53. The summed E-state index contributed by atoms with van der Waals surface area (Å²) in [5.74, 6) is 0.332. The molecule has 0 aromatic heterocycles. The van der Waals surface area contributed by atoms with Crippen molar-refractivity contribution >= 4 is 19.2 Å². The Morgan fingerprint density at radius 1 is 1.08 bits per heavy atom. The summed E-state index contributed by atoms with van der Waals surface area (Å²) in [5, 5.41) is 18.8. The third kappa shape index (κ3) is 6.92. The lowest BCUT2D eigenvalue weighted by atomic mass is 9.86. The van der Waals surface area contributed by atoms with Crippen molar-refractivity contribution in [3.8, 4) is 11.5 Å². The van der Waals surface area contributed by atoms with Crippen molar-refractivity contribution in [1.29, 1.82) is 0 Å². The molecule has 0 heterocycles. The van der Waals surface area contributed by atoms with Crippen LogP contribution in [-0.4, -0.2) is 30.5 Å². The van der Waals surface area contributed by atoms with Gasteiger partial charge in [-0.05, 0) is 23.6 Å². The molecular formula is C21H30O4Si. The molecule has 0 aliphatic heterocycles. The highest BCUT2D eigenvalue weighted by molar-refractivity contribution is 6.89. The highest BCUT2D eigenvalue weighted by Crippen LogP contribution is 2.33. The fourth-order valence-electron chi connectivity index (χ4n) is 2.44. The third-order valence-corrected chi connectivity index (χ3v) is 6.69. The predicted octanol–water partition coefficient (Wildman–Crippen LogP) is 4.31. The lowest BCUT2D eigenvalue weighted by Crippen LogP contribution is -2.47. The standard InChI is InChI=1S/C19H26O2Si.C2H4O2/c1-19(2,3)17-13-15(11-12-18(17)20)21-14-22(4,5)16-9-7-6-8-10-16;1-2(3)4/h6-13,20H,14H2,1-5H3;1H3,(H,3,4). The SMILES string of the molecule is CC(=O)O.CC(C)(C)c1cc(OC[Si](C)(C)c2ccccc2)ccc1O. The largest absolute Gasteiger partial charge is 0.508 e. The van der Waals surface area contributed by atoms with E-state index >= 15 is 0 Å². The van der Waals surface area contributed by atoms with Crippen LogP contribution >= 0.6 is 0 Å². The molecule has 26 heavy (non-hydrogen) atoms. The second-order valence-corrected chi connectivity index (χ2v) is 12.6. The molecule has 0 bridgehead atoms. The number of phenols is 1. The third-order valence-electron chi connectivity index (χ3n) is 3.93. The van der Waals surface area contributed by atoms with Crippen LogP contribution in [0.15, 0.2) is 48.5 Å². The highest BCUT2D eigenvalue weighted by atomic mass is 28.3. The van der Waals surface area contributed by atoms with E-state index < -0.39 is 14.0 Å². The number of rotatable bonds is 4. The number of carboxylic acid groups (broad SMARTS) is 1. The van der Waals surface area contributed by atoms with E-state index in [1.54, 1.807) is 6.07 Å². The van der Waals surface area contributed by atoms with Crippen molar-refractivity contribution < 1.29 is 19.7 Å². The number of hydrogen-bond donors (Lipinski definition) is 2. The fourth-order valence-corrected chi connectivity index (χ4v) is 4.23. The minimum Gasteiger partial charge on any atom is -0.508 e. The smallest absolute Gasteiger partial charge is 0.300 e. The van der Waals surface area contributed by atoms with Crippen molar-refractivity contribution in [2.24, 2.45) is 0 Å². The van der Waals surface area contributed by atoms with Crippen molar-refractivity contribution in [3.63, 3.8) is 0 Å². The van der Waals surface area contributed by atoms with Crippen LogP contribution in [0.4, 0.5) is 0 Å². The summed E-state index contributed by atoms with van der Waals surface area (Å²) in [5.41, 5.74) is 0.819. The van der Waals surface area contributed by atoms with E-state index in [1.807, 2.05) is 18.2 Å². The maximum Gasteiger partial charge on any atom is 0.300 e. The monoisotopic (exact) mass is 374 g/mol. The summed E-state index contributed by atoms with van der Waals surface area (Å²) >= 11 is 0. The topological polar surface area (TPSA) is 66.8 Å². The van der Waals surface area contributed by atoms with Gasteiger partial charge in [0.25, 0.3) is 5.97 Å². The van der Waals surface area contributed by atoms with Gasteiger partial charge in [-0.2, -0.15) is 0 Å². The van der Waals surface area contributed by atoms with Gasteiger partial charge < -0.3 is 14.9 Å². The Morgan fingerprint density at radius 3 is 2.12 bits per heavy atom. The van der Waals surface area contributed by atoms with E-state index in [0.717, 1.165) is 24.5 Å². The summed E-state index contributed by atoms with van der Waals surface area (Å²) in [6, 6.07) is 16.1. The molecule has 0 aliphatic carbocycles. The molecule has 0 aliphatic rings. The molecule has 0 radical (unpaired) electrons. The van der Waals surface area contributed by atoms with Gasteiger partial charge in [0.2, 0.25) is 0 Å². The van der Waals surface area contributed by atoms with Gasteiger partial charge >= 0.3 is 0 Å². The second kappa shape index (κ2) is 8.90. The van der Waals surface area contributed by atoms with Gasteiger partial charge in [0, 0.05) is 12.5 Å². The molecule has 142 valence electrons. The molecule has 2 aromatic carbocycles. The maximum atomic E-state index is 10.0. The number of carbonyl (C=O) groups is 1. The van der Waals surface area contributed by atoms with Crippen LogP contribution in [0, 0.1) is 0 Å². The van der Waals surface area contributed by atoms with Crippen molar-refractivity contribution in [3.05, 3.63) is 54.1 Å². The Morgan fingerprint density at radius 2 is 1.62 bits per heavy atom. The van der Waals surface area contributed by atoms with E-state index in [2.05, 4.69) is 58.1 Å². The normalized spacial score (nSPS) is 11.3. The van der Waals surface area contributed by atoms with Gasteiger partial charge in [0.05, 0.1) is 6.23 Å². The summed E-state index contributed by atoms with van der Waals surface area (Å²) in [7, 11) is -1.62. The Balaban J connectivity index is 0.000000765. The predicted molar refractivity (Wildman–Crippen MR) is 109 cm³/mol. The molecule has 2 aromatic rings. The second-order valence-electron chi connectivity index (χ2n) is 7.99. The van der Waals surface area contributed by atoms with Crippen molar-refractivity contribution in [2.75, 3.05) is 6.23 Å². The first kappa shape index (κ1) is 21.8. The van der Waals surface area contributed by atoms with Gasteiger partial charge in [0.15, 0.2) is 0 Å². The Kier molecular flexibility index (Phi) is 7.45. The van der Waals surface area contributed by atoms with Crippen LogP contribution in [0.5, 0.6) is 11.5 Å². The summed E-state index contributed by atoms with van der Waals surface area (Å²) in [6.45, 7) is 12.0. The zero-order valence-electron chi connectivity index (χ0n) is 16.5. The lowest BCUT2D eigenvalue weighted by Gasteiger charge is -2.25. The highest BCUT2D eigenvalue weighted by Gasteiger charge is 2.25. The number of aromatic hydroxyl groups is 1.